The smallest absolute Gasteiger partial charge is 0.330 e. The molecule has 0 amide bonds. The second-order valence-corrected chi connectivity index (χ2v) is 4.04. The lowest BCUT2D eigenvalue weighted by molar-refractivity contribution is -0.145. The first-order chi connectivity index (χ1) is 6.74. The highest BCUT2D eigenvalue weighted by atomic mass is 16.5. The predicted molar refractivity (Wildman–Crippen MR) is 56.9 cm³/mol. The zero-order chi connectivity index (χ0) is 10.4. The van der Waals surface area contributed by atoms with Gasteiger partial charge in [0.15, 0.2) is 0 Å². The van der Waals surface area contributed by atoms with Crippen molar-refractivity contribution >= 4 is 5.97 Å². The van der Waals surface area contributed by atoms with E-state index < -0.39 is 0 Å². The number of hydrogen-bond donors (Lipinski definition) is 0. The average Bonchev–Trinajstić information content (AvgIpc) is 2.19. The van der Waals surface area contributed by atoms with Crippen LogP contribution in [0.15, 0.2) is 12.2 Å². The first-order valence-corrected chi connectivity index (χ1v) is 5.57. The summed E-state index contributed by atoms with van der Waals surface area (Å²) in [5.41, 5.74) is 0. The lowest BCUT2D eigenvalue weighted by Gasteiger charge is -2.26. The molecule has 14 heavy (non-hydrogen) atoms. The Morgan fingerprint density at radius 3 is 2.57 bits per heavy atom. The van der Waals surface area contributed by atoms with Crippen LogP contribution in [0.3, 0.4) is 0 Å². The Balaban J connectivity index is 2.32. The number of carbonyl (C=O) groups excluding carboxylic acids is 1. The highest BCUT2D eigenvalue weighted by Crippen LogP contribution is 2.27. The largest absolute Gasteiger partial charge is 0.459 e. The molecule has 1 rings (SSSR count). The van der Waals surface area contributed by atoms with E-state index in [-0.39, 0.29) is 12.1 Å². The molecule has 0 spiro atoms. The fourth-order valence-electron chi connectivity index (χ4n) is 2.06. The summed E-state index contributed by atoms with van der Waals surface area (Å²) in [7, 11) is 0. The van der Waals surface area contributed by atoms with Gasteiger partial charge in [0.1, 0.15) is 6.10 Å². The fourth-order valence-corrected chi connectivity index (χ4v) is 2.06. The van der Waals surface area contributed by atoms with Crippen molar-refractivity contribution in [3.8, 4) is 0 Å². The minimum absolute atomic E-state index is 0.0824. The van der Waals surface area contributed by atoms with E-state index >= 15 is 0 Å². The van der Waals surface area contributed by atoms with E-state index in [0.29, 0.717) is 5.92 Å². The van der Waals surface area contributed by atoms with Crippen LogP contribution < -0.4 is 0 Å². The van der Waals surface area contributed by atoms with Crippen LogP contribution in [0.25, 0.3) is 0 Å². The second kappa shape index (κ2) is 5.84. The Morgan fingerprint density at radius 1 is 1.36 bits per heavy atom. The van der Waals surface area contributed by atoms with Gasteiger partial charge in [-0.05, 0) is 32.6 Å². The molecule has 2 nitrogen and oxygen atoms in total. The number of carbonyl (C=O) groups is 1. The van der Waals surface area contributed by atoms with Crippen molar-refractivity contribution < 1.29 is 9.53 Å². The van der Waals surface area contributed by atoms with E-state index in [4.69, 9.17) is 4.74 Å². The summed E-state index contributed by atoms with van der Waals surface area (Å²) >= 11 is 0. The number of esters is 1. The summed E-state index contributed by atoms with van der Waals surface area (Å²) in [4.78, 5) is 11.2. The van der Waals surface area contributed by atoms with Crippen molar-refractivity contribution in [3.05, 3.63) is 12.2 Å². The Bertz CT molecular complexity index is 202. The SMILES string of the molecule is CC=CC(=O)OC(C)C1CCCCC1. The number of rotatable bonds is 3. The van der Waals surface area contributed by atoms with Gasteiger partial charge in [0.25, 0.3) is 0 Å². The molecule has 0 N–H and O–H groups in total. The molecule has 1 atom stereocenters. The third-order valence-electron chi connectivity index (χ3n) is 2.92. The van der Waals surface area contributed by atoms with Gasteiger partial charge in [-0.15, -0.1) is 0 Å². The number of hydrogen-bond acceptors (Lipinski definition) is 2. The average molecular weight is 196 g/mol. The lowest BCUT2D eigenvalue weighted by atomic mass is 9.86. The zero-order valence-corrected chi connectivity index (χ0v) is 9.16. The third kappa shape index (κ3) is 3.52. The molecule has 0 heterocycles. The van der Waals surface area contributed by atoms with Crippen molar-refractivity contribution in [2.75, 3.05) is 0 Å². The van der Waals surface area contributed by atoms with Crippen LogP contribution in [0.2, 0.25) is 0 Å². The van der Waals surface area contributed by atoms with Gasteiger partial charge in [0.2, 0.25) is 0 Å². The Labute approximate surface area is 86.3 Å². The Kier molecular flexibility index (Phi) is 4.71. The zero-order valence-electron chi connectivity index (χ0n) is 9.16. The Morgan fingerprint density at radius 2 is 2.00 bits per heavy atom. The van der Waals surface area contributed by atoms with E-state index in [1.807, 2.05) is 13.8 Å². The summed E-state index contributed by atoms with van der Waals surface area (Å²) in [5, 5.41) is 0. The van der Waals surface area contributed by atoms with Crippen molar-refractivity contribution in [2.45, 2.75) is 52.1 Å². The molecule has 1 saturated carbocycles. The molecule has 1 aliphatic rings. The fraction of sp³-hybridized carbons (Fsp3) is 0.750. The maximum Gasteiger partial charge on any atom is 0.330 e. The van der Waals surface area contributed by atoms with E-state index in [2.05, 4.69) is 0 Å². The summed E-state index contributed by atoms with van der Waals surface area (Å²) in [5.74, 6) is 0.378. The summed E-state index contributed by atoms with van der Waals surface area (Å²) in [6, 6.07) is 0. The van der Waals surface area contributed by atoms with E-state index in [1.165, 1.54) is 38.2 Å². The van der Waals surface area contributed by atoms with Gasteiger partial charge in [-0.3, -0.25) is 0 Å². The summed E-state index contributed by atoms with van der Waals surface area (Å²) in [6.45, 7) is 3.84. The molecule has 0 bridgehead atoms. The molecule has 2 heteroatoms. The highest BCUT2D eigenvalue weighted by Gasteiger charge is 2.22. The number of allylic oxidation sites excluding steroid dienone is 1. The normalized spacial score (nSPS) is 21.0. The molecule has 0 radical (unpaired) electrons. The van der Waals surface area contributed by atoms with Gasteiger partial charge in [0.05, 0.1) is 0 Å². The first kappa shape index (κ1) is 11.3. The van der Waals surface area contributed by atoms with Crippen LogP contribution in [0.1, 0.15) is 46.0 Å². The van der Waals surface area contributed by atoms with Gasteiger partial charge >= 0.3 is 5.97 Å². The van der Waals surface area contributed by atoms with E-state index in [9.17, 15) is 4.79 Å². The van der Waals surface area contributed by atoms with Crippen LogP contribution in [0.4, 0.5) is 0 Å². The van der Waals surface area contributed by atoms with Crippen LogP contribution in [-0.4, -0.2) is 12.1 Å². The molecule has 0 aromatic rings. The molecule has 80 valence electrons. The molecule has 1 unspecified atom stereocenters. The molecule has 0 aromatic heterocycles. The minimum atomic E-state index is -0.203. The monoisotopic (exact) mass is 196 g/mol. The molecule has 0 aromatic carbocycles. The van der Waals surface area contributed by atoms with Gasteiger partial charge in [0, 0.05) is 6.08 Å². The predicted octanol–water partition coefficient (Wildman–Crippen LogP) is 3.07. The van der Waals surface area contributed by atoms with Crippen LogP contribution in [-0.2, 0) is 9.53 Å². The minimum Gasteiger partial charge on any atom is -0.459 e. The lowest BCUT2D eigenvalue weighted by Crippen LogP contribution is -2.25. The standard InChI is InChI=1S/C12H20O2/c1-3-7-12(13)14-10(2)11-8-5-4-6-9-11/h3,7,10-11H,4-6,8-9H2,1-2H3. The Hall–Kier alpha value is -0.790. The quantitative estimate of drug-likeness (QED) is 0.512. The van der Waals surface area contributed by atoms with Gasteiger partial charge < -0.3 is 4.74 Å². The topological polar surface area (TPSA) is 26.3 Å². The van der Waals surface area contributed by atoms with E-state index in [1.54, 1.807) is 6.08 Å². The van der Waals surface area contributed by atoms with Gasteiger partial charge in [-0.1, -0.05) is 25.3 Å². The van der Waals surface area contributed by atoms with Crippen molar-refractivity contribution in [3.63, 3.8) is 0 Å². The first-order valence-electron chi connectivity index (χ1n) is 5.57. The molecular formula is C12H20O2. The number of ether oxygens (including phenoxy) is 1. The second-order valence-electron chi connectivity index (χ2n) is 4.04. The van der Waals surface area contributed by atoms with Crippen LogP contribution in [0.5, 0.6) is 0 Å². The van der Waals surface area contributed by atoms with Crippen LogP contribution >= 0.6 is 0 Å². The van der Waals surface area contributed by atoms with Crippen molar-refractivity contribution in [1.82, 2.24) is 0 Å². The molecule has 1 fully saturated rings. The van der Waals surface area contributed by atoms with Crippen molar-refractivity contribution in [1.29, 1.82) is 0 Å². The van der Waals surface area contributed by atoms with Gasteiger partial charge in [-0.2, -0.15) is 0 Å². The van der Waals surface area contributed by atoms with Gasteiger partial charge in [-0.25, -0.2) is 4.79 Å². The van der Waals surface area contributed by atoms with Crippen LogP contribution in [0, 0.1) is 5.92 Å². The maximum atomic E-state index is 11.2. The third-order valence-corrected chi connectivity index (χ3v) is 2.92. The molecule has 0 saturated heterocycles. The van der Waals surface area contributed by atoms with Crippen molar-refractivity contribution in [2.24, 2.45) is 5.92 Å². The highest BCUT2D eigenvalue weighted by molar-refractivity contribution is 5.81. The molecule has 0 aliphatic heterocycles. The molecular weight excluding hydrogens is 176 g/mol. The summed E-state index contributed by atoms with van der Waals surface area (Å²) < 4.78 is 5.30. The summed E-state index contributed by atoms with van der Waals surface area (Å²) in [6.07, 6.45) is 9.63. The molecule has 1 aliphatic carbocycles. The maximum absolute atomic E-state index is 11.2. The van der Waals surface area contributed by atoms with E-state index in [0.717, 1.165) is 0 Å².